The van der Waals surface area contributed by atoms with Crippen LogP contribution in [0.1, 0.15) is 31.4 Å². The number of hydrogen-bond donors (Lipinski definition) is 0. The summed E-state index contributed by atoms with van der Waals surface area (Å²) in [5, 5.41) is 2.57. The first-order valence-corrected chi connectivity index (χ1v) is 9.65. The van der Waals surface area contributed by atoms with Gasteiger partial charge in [0.2, 0.25) is 5.78 Å². The van der Waals surface area contributed by atoms with E-state index in [1.54, 1.807) is 11.8 Å². The van der Waals surface area contributed by atoms with Gasteiger partial charge in [0, 0.05) is 31.0 Å². The number of amides is 2. The second kappa shape index (κ2) is 8.11. The lowest BCUT2D eigenvalue weighted by atomic mass is 9.82. The number of hydrogen-bond acceptors (Lipinski definition) is 5. The molecule has 152 valence electrons. The number of fused-ring (bicyclic) bond motifs is 2. The number of benzene rings is 1. The largest absolute Gasteiger partial charge is 0.374 e. The molecule has 0 N–H and O–H groups in total. The Kier molecular flexibility index (Phi) is 5.77. The van der Waals surface area contributed by atoms with Crippen LogP contribution in [0.4, 0.5) is 0 Å². The lowest BCUT2D eigenvalue weighted by molar-refractivity contribution is -0.146. The molecule has 1 saturated heterocycles. The molecule has 1 fully saturated rings. The second-order valence-electron chi connectivity index (χ2n) is 7.73. The first-order valence-electron chi connectivity index (χ1n) is 9.65. The summed E-state index contributed by atoms with van der Waals surface area (Å²) < 4.78 is 0. The number of carbonyl (C=O) groups is 3. The van der Waals surface area contributed by atoms with Crippen LogP contribution in [0.5, 0.6) is 0 Å². The molecular formula is C22H25N3O4. The lowest BCUT2D eigenvalue weighted by Gasteiger charge is -2.36. The highest BCUT2D eigenvalue weighted by molar-refractivity contribution is 6.39. The van der Waals surface area contributed by atoms with Crippen molar-refractivity contribution in [2.75, 3.05) is 26.7 Å². The van der Waals surface area contributed by atoms with Crippen LogP contribution in [0, 0.1) is 17.7 Å². The summed E-state index contributed by atoms with van der Waals surface area (Å²) in [7, 11) is 1.92. The van der Waals surface area contributed by atoms with E-state index in [1.807, 2.05) is 50.1 Å². The van der Waals surface area contributed by atoms with Crippen molar-refractivity contribution in [3.63, 3.8) is 0 Å². The number of rotatable bonds is 3. The molecule has 0 radical (unpaired) electrons. The highest BCUT2D eigenvalue weighted by Crippen LogP contribution is 2.37. The minimum Gasteiger partial charge on any atom is -0.374 e. The maximum Gasteiger partial charge on any atom is 0.290 e. The van der Waals surface area contributed by atoms with Crippen molar-refractivity contribution in [3.8, 4) is 0 Å². The lowest BCUT2D eigenvalue weighted by Crippen LogP contribution is -2.49. The number of allylic oxidation sites excluding steroid dienone is 2. The van der Waals surface area contributed by atoms with Gasteiger partial charge in [0.25, 0.3) is 11.8 Å². The molecule has 0 saturated carbocycles. The number of aryl methyl sites for hydroxylation is 1. The smallest absolute Gasteiger partial charge is 0.290 e. The topological polar surface area (TPSA) is 87.1 Å². The average Bonchev–Trinajstić information content (AvgIpc) is 2.74. The number of nitroso groups, excluding NO2 is 1. The van der Waals surface area contributed by atoms with Gasteiger partial charge < -0.3 is 9.80 Å². The van der Waals surface area contributed by atoms with E-state index < -0.39 is 23.5 Å². The van der Waals surface area contributed by atoms with Crippen LogP contribution in [0.15, 0.2) is 46.3 Å². The third kappa shape index (κ3) is 3.90. The van der Waals surface area contributed by atoms with Crippen molar-refractivity contribution in [1.82, 2.24) is 9.80 Å². The molecule has 0 aromatic heterocycles. The molecule has 2 amide bonds. The van der Waals surface area contributed by atoms with Crippen LogP contribution in [-0.4, -0.2) is 54.1 Å². The summed E-state index contributed by atoms with van der Waals surface area (Å²) in [6.45, 7) is 6.88. The summed E-state index contributed by atoms with van der Waals surface area (Å²) >= 11 is 0. The minimum atomic E-state index is -0.801. The maximum absolute atomic E-state index is 13.1. The Bertz CT molecular complexity index is 943. The Morgan fingerprint density at radius 2 is 1.79 bits per heavy atom. The maximum atomic E-state index is 13.1. The van der Waals surface area contributed by atoms with Crippen LogP contribution in [0.2, 0.25) is 0 Å². The molecule has 2 aliphatic rings. The molecule has 7 heteroatoms. The SMILES string of the molecule is CC1=C2CN(CCN2C)C(=O)C(=O)C(C)C(c2ccc(C)cc2)=C1CC(=O)N=O. The first-order chi connectivity index (χ1) is 13.7. The number of ketones is 1. The Morgan fingerprint density at radius 3 is 2.41 bits per heavy atom. The van der Waals surface area contributed by atoms with Gasteiger partial charge >= 0.3 is 0 Å². The molecule has 0 aliphatic carbocycles. The van der Waals surface area contributed by atoms with E-state index >= 15 is 0 Å². The van der Waals surface area contributed by atoms with Crippen molar-refractivity contribution >= 4 is 23.2 Å². The molecule has 2 aliphatic heterocycles. The van der Waals surface area contributed by atoms with Crippen molar-refractivity contribution in [2.24, 2.45) is 11.1 Å². The molecule has 1 aromatic carbocycles. The van der Waals surface area contributed by atoms with Gasteiger partial charge in [-0.2, -0.15) is 0 Å². The second-order valence-corrected chi connectivity index (χ2v) is 7.73. The van der Waals surface area contributed by atoms with Crippen LogP contribution in [0.25, 0.3) is 5.57 Å². The molecule has 29 heavy (non-hydrogen) atoms. The highest BCUT2D eigenvalue weighted by atomic mass is 16.3. The zero-order valence-electron chi connectivity index (χ0n) is 17.2. The molecule has 2 heterocycles. The van der Waals surface area contributed by atoms with Crippen LogP contribution in [-0.2, 0) is 14.4 Å². The van der Waals surface area contributed by atoms with Crippen molar-refractivity contribution < 1.29 is 14.4 Å². The van der Waals surface area contributed by atoms with Crippen LogP contribution in [0.3, 0.4) is 0 Å². The molecule has 1 aromatic rings. The van der Waals surface area contributed by atoms with E-state index in [4.69, 9.17) is 0 Å². The number of likely N-dealkylation sites (N-methyl/N-ethyl adjacent to an activating group) is 1. The number of nitrogens with zero attached hydrogens (tertiary/aromatic N) is 3. The molecular weight excluding hydrogens is 370 g/mol. The molecule has 1 atom stereocenters. The zero-order chi connectivity index (χ0) is 21.3. The van der Waals surface area contributed by atoms with E-state index in [0.717, 1.165) is 22.4 Å². The Labute approximate surface area is 170 Å². The molecule has 2 bridgehead atoms. The normalized spacial score (nSPS) is 20.5. The summed E-state index contributed by atoms with van der Waals surface area (Å²) in [6, 6.07) is 7.59. The monoisotopic (exact) mass is 395 g/mol. The molecule has 0 spiro atoms. The van der Waals surface area contributed by atoms with Gasteiger partial charge in [0.1, 0.15) is 0 Å². The van der Waals surface area contributed by atoms with E-state index in [9.17, 15) is 19.3 Å². The van der Waals surface area contributed by atoms with E-state index in [0.29, 0.717) is 30.8 Å². The third-order valence-corrected chi connectivity index (χ3v) is 5.83. The van der Waals surface area contributed by atoms with Crippen molar-refractivity contribution in [1.29, 1.82) is 0 Å². The van der Waals surface area contributed by atoms with Gasteiger partial charge in [-0.05, 0) is 36.1 Å². The van der Waals surface area contributed by atoms with E-state index in [2.05, 4.69) is 5.18 Å². The Morgan fingerprint density at radius 1 is 1.14 bits per heavy atom. The van der Waals surface area contributed by atoms with Crippen molar-refractivity contribution in [3.05, 3.63) is 57.1 Å². The van der Waals surface area contributed by atoms with Crippen molar-refractivity contribution in [2.45, 2.75) is 27.2 Å². The first kappa shape index (κ1) is 20.6. The predicted octanol–water partition coefficient (Wildman–Crippen LogP) is 2.70. The zero-order valence-corrected chi connectivity index (χ0v) is 17.2. The fourth-order valence-corrected chi connectivity index (χ4v) is 4.04. The van der Waals surface area contributed by atoms with E-state index in [1.165, 1.54) is 0 Å². The summed E-state index contributed by atoms with van der Waals surface area (Å²) in [4.78, 5) is 52.5. The highest BCUT2D eigenvalue weighted by Gasteiger charge is 2.36. The van der Waals surface area contributed by atoms with Gasteiger partial charge in [-0.1, -0.05) is 36.8 Å². The predicted molar refractivity (Wildman–Crippen MR) is 110 cm³/mol. The minimum absolute atomic E-state index is 0.207. The van der Waals surface area contributed by atoms with E-state index in [-0.39, 0.29) is 6.42 Å². The molecule has 7 nitrogen and oxygen atoms in total. The average molecular weight is 395 g/mol. The number of Topliss-reactive ketones (excluding diaryl/α,β-unsaturated/α-hetero) is 1. The third-order valence-electron chi connectivity index (χ3n) is 5.83. The van der Waals surface area contributed by atoms with Gasteiger partial charge in [-0.25, -0.2) is 0 Å². The fraction of sp³-hybridized carbons (Fsp3) is 0.409. The van der Waals surface area contributed by atoms with Gasteiger partial charge in [-0.15, -0.1) is 4.91 Å². The summed E-state index contributed by atoms with van der Waals surface area (Å²) in [5.74, 6) is -2.57. The number of piperazine rings is 1. The van der Waals surface area contributed by atoms with Gasteiger partial charge in [-0.3, -0.25) is 14.4 Å². The quantitative estimate of drug-likeness (QED) is 0.580. The molecule has 1 unspecified atom stereocenters. The van der Waals surface area contributed by atoms with Gasteiger partial charge in [0.05, 0.1) is 18.9 Å². The van der Waals surface area contributed by atoms with Gasteiger partial charge in [0.15, 0.2) is 0 Å². The summed E-state index contributed by atoms with van der Waals surface area (Å²) in [6.07, 6.45) is -0.207. The Balaban J connectivity index is 2.33. The fourth-order valence-electron chi connectivity index (χ4n) is 4.04. The number of carbonyl (C=O) groups excluding carboxylic acids is 3. The molecule has 3 rings (SSSR count). The summed E-state index contributed by atoms with van der Waals surface area (Å²) in [5.41, 5.74) is 4.68. The standard InChI is InChI=1S/C22H25N3O4/c1-13-5-7-16(8-6-13)20-15(3)21(27)22(28)25-10-9-24(4)18(12-25)14(2)17(20)11-19(26)23-29/h5-8,15H,9-12H2,1-4H3. The van der Waals surface area contributed by atoms with Crippen LogP contribution >= 0.6 is 0 Å². The van der Waals surface area contributed by atoms with Crippen LogP contribution < -0.4 is 0 Å². The Hall–Kier alpha value is -3.09.